The van der Waals surface area contributed by atoms with Crippen molar-refractivity contribution in [1.29, 1.82) is 0 Å². The SMILES string of the molecule is Cc1ccc(-c2nnco2)cc1-c1ccc(N)s1. The van der Waals surface area contributed by atoms with Crippen LogP contribution in [0, 0.1) is 6.92 Å². The quantitative estimate of drug-likeness (QED) is 0.764. The molecule has 0 fully saturated rings. The first kappa shape index (κ1) is 11.0. The van der Waals surface area contributed by atoms with Crippen molar-refractivity contribution in [2.75, 3.05) is 5.73 Å². The van der Waals surface area contributed by atoms with Gasteiger partial charge in [0.1, 0.15) is 0 Å². The minimum absolute atomic E-state index is 0.528. The van der Waals surface area contributed by atoms with E-state index in [-0.39, 0.29) is 0 Å². The van der Waals surface area contributed by atoms with E-state index in [1.165, 1.54) is 12.0 Å². The summed E-state index contributed by atoms with van der Waals surface area (Å²) >= 11 is 1.57. The molecule has 0 aliphatic heterocycles. The molecular formula is C13H11N3OS. The average Bonchev–Trinajstić information content (AvgIpc) is 3.01. The molecule has 2 heterocycles. The molecule has 0 amide bonds. The lowest BCUT2D eigenvalue weighted by Crippen LogP contribution is -1.84. The number of thiophene rings is 1. The highest BCUT2D eigenvalue weighted by Gasteiger charge is 2.09. The van der Waals surface area contributed by atoms with Gasteiger partial charge in [0.25, 0.3) is 0 Å². The molecular weight excluding hydrogens is 246 g/mol. The van der Waals surface area contributed by atoms with Gasteiger partial charge < -0.3 is 10.2 Å². The van der Waals surface area contributed by atoms with Crippen LogP contribution < -0.4 is 5.73 Å². The number of aromatic nitrogens is 2. The fraction of sp³-hybridized carbons (Fsp3) is 0.0769. The van der Waals surface area contributed by atoms with Crippen molar-refractivity contribution < 1.29 is 4.42 Å². The highest BCUT2D eigenvalue weighted by molar-refractivity contribution is 7.19. The molecule has 0 aliphatic carbocycles. The number of benzene rings is 1. The molecule has 3 rings (SSSR count). The van der Waals surface area contributed by atoms with Crippen LogP contribution in [0.4, 0.5) is 5.00 Å². The van der Waals surface area contributed by atoms with Gasteiger partial charge in [-0.05, 0) is 42.3 Å². The lowest BCUT2D eigenvalue weighted by Gasteiger charge is -2.04. The van der Waals surface area contributed by atoms with Gasteiger partial charge in [-0.2, -0.15) is 0 Å². The number of nitrogen functional groups attached to an aromatic ring is 1. The summed E-state index contributed by atoms with van der Waals surface area (Å²) in [6, 6.07) is 10.0. The Hall–Kier alpha value is -2.14. The van der Waals surface area contributed by atoms with Crippen molar-refractivity contribution in [3.05, 3.63) is 42.3 Å². The van der Waals surface area contributed by atoms with Gasteiger partial charge in [0.05, 0.1) is 5.00 Å². The zero-order valence-corrected chi connectivity index (χ0v) is 10.6. The van der Waals surface area contributed by atoms with Gasteiger partial charge in [-0.1, -0.05) is 6.07 Å². The molecule has 0 radical (unpaired) electrons. The summed E-state index contributed by atoms with van der Waals surface area (Å²) in [6.07, 6.45) is 1.33. The molecule has 2 aromatic heterocycles. The normalized spacial score (nSPS) is 10.7. The first-order valence-electron chi connectivity index (χ1n) is 5.47. The molecule has 0 spiro atoms. The van der Waals surface area contributed by atoms with E-state index in [4.69, 9.17) is 10.2 Å². The fourth-order valence-electron chi connectivity index (χ4n) is 1.82. The predicted octanol–water partition coefficient (Wildman–Crippen LogP) is 3.36. The Morgan fingerprint density at radius 3 is 2.78 bits per heavy atom. The third-order valence-electron chi connectivity index (χ3n) is 2.74. The summed E-state index contributed by atoms with van der Waals surface area (Å²) in [5, 5.41) is 8.42. The van der Waals surface area contributed by atoms with Crippen molar-refractivity contribution >= 4 is 16.3 Å². The molecule has 0 bridgehead atoms. The number of hydrogen-bond donors (Lipinski definition) is 1. The summed E-state index contributed by atoms with van der Waals surface area (Å²) < 4.78 is 5.21. The molecule has 0 saturated carbocycles. The van der Waals surface area contributed by atoms with Crippen LogP contribution in [0.2, 0.25) is 0 Å². The number of aryl methyl sites for hydroxylation is 1. The minimum Gasteiger partial charge on any atom is -0.423 e. The van der Waals surface area contributed by atoms with Gasteiger partial charge in [0.2, 0.25) is 12.3 Å². The van der Waals surface area contributed by atoms with Crippen LogP contribution in [0.5, 0.6) is 0 Å². The van der Waals surface area contributed by atoms with Crippen molar-refractivity contribution in [1.82, 2.24) is 10.2 Å². The number of nitrogens with two attached hydrogens (primary N) is 1. The van der Waals surface area contributed by atoms with Crippen molar-refractivity contribution in [2.24, 2.45) is 0 Å². The summed E-state index contributed by atoms with van der Waals surface area (Å²) in [5.74, 6) is 0.528. The van der Waals surface area contributed by atoms with Gasteiger partial charge >= 0.3 is 0 Å². The van der Waals surface area contributed by atoms with Gasteiger partial charge in [-0.25, -0.2) is 0 Å². The second-order valence-corrected chi connectivity index (χ2v) is 5.09. The lowest BCUT2D eigenvalue weighted by molar-refractivity contribution is 0.568. The van der Waals surface area contributed by atoms with E-state index >= 15 is 0 Å². The van der Waals surface area contributed by atoms with E-state index < -0.39 is 0 Å². The smallest absolute Gasteiger partial charge is 0.247 e. The van der Waals surface area contributed by atoms with Gasteiger partial charge in [0.15, 0.2) is 0 Å². The molecule has 0 unspecified atom stereocenters. The Morgan fingerprint density at radius 2 is 2.11 bits per heavy atom. The predicted molar refractivity (Wildman–Crippen MR) is 72.2 cm³/mol. The van der Waals surface area contributed by atoms with E-state index in [0.717, 1.165) is 21.0 Å². The summed E-state index contributed by atoms with van der Waals surface area (Å²) in [5.41, 5.74) is 9.03. The molecule has 5 heteroatoms. The largest absolute Gasteiger partial charge is 0.423 e. The van der Waals surface area contributed by atoms with Crippen molar-refractivity contribution in [2.45, 2.75) is 6.92 Å². The summed E-state index contributed by atoms with van der Waals surface area (Å²) in [6.45, 7) is 2.07. The second kappa shape index (κ2) is 4.27. The van der Waals surface area contributed by atoms with Crippen LogP contribution in [-0.4, -0.2) is 10.2 Å². The Kier molecular flexibility index (Phi) is 2.60. The Bertz CT molecular complexity index is 673. The number of nitrogens with zero attached hydrogens (tertiary/aromatic N) is 2. The molecule has 0 atom stereocenters. The van der Waals surface area contributed by atoms with E-state index in [1.807, 2.05) is 30.3 Å². The standard InChI is InChI=1S/C13H11N3OS/c1-8-2-3-9(13-16-15-7-17-13)6-10(8)11-4-5-12(14)18-11/h2-7H,14H2,1H3. The van der Waals surface area contributed by atoms with Gasteiger partial charge in [-0.3, -0.25) is 0 Å². The maximum absolute atomic E-state index is 5.78. The third-order valence-corrected chi connectivity index (χ3v) is 3.68. The first-order valence-corrected chi connectivity index (χ1v) is 6.28. The molecule has 90 valence electrons. The van der Waals surface area contributed by atoms with Crippen LogP contribution in [0.1, 0.15) is 5.56 Å². The van der Waals surface area contributed by atoms with E-state index in [9.17, 15) is 0 Å². The van der Waals surface area contributed by atoms with Crippen LogP contribution >= 0.6 is 11.3 Å². The lowest BCUT2D eigenvalue weighted by atomic mass is 10.0. The highest BCUT2D eigenvalue weighted by atomic mass is 32.1. The third kappa shape index (κ3) is 1.89. The second-order valence-electron chi connectivity index (χ2n) is 3.98. The maximum Gasteiger partial charge on any atom is 0.247 e. The topological polar surface area (TPSA) is 64.9 Å². The molecule has 0 aliphatic rings. The first-order chi connectivity index (χ1) is 8.74. The van der Waals surface area contributed by atoms with Crippen LogP contribution in [0.25, 0.3) is 21.9 Å². The molecule has 1 aromatic carbocycles. The van der Waals surface area contributed by atoms with E-state index in [1.54, 1.807) is 11.3 Å². The highest BCUT2D eigenvalue weighted by Crippen LogP contribution is 2.34. The molecule has 2 N–H and O–H groups in total. The number of hydrogen-bond acceptors (Lipinski definition) is 5. The number of rotatable bonds is 2. The molecule has 3 aromatic rings. The van der Waals surface area contributed by atoms with Crippen LogP contribution in [0.3, 0.4) is 0 Å². The monoisotopic (exact) mass is 257 g/mol. The number of anilines is 1. The Morgan fingerprint density at radius 1 is 1.22 bits per heavy atom. The van der Waals surface area contributed by atoms with Crippen molar-refractivity contribution in [3.8, 4) is 21.9 Å². The van der Waals surface area contributed by atoms with E-state index in [2.05, 4.69) is 17.1 Å². The Labute approximate surface area is 108 Å². The van der Waals surface area contributed by atoms with Crippen LogP contribution in [0.15, 0.2) is 41.1 Å². The minimum atomic E-state index is 0.528. The maximum atomic E-state index is 5.78. The zero-order valence-electron chi connectivity index (χ0n) is 9.75. The summed E-state index contributed by atoms with van der Waals surface area (Å²) in [7, 11) is 0. The van der Waals surface area contributed by atoms with Gasteiger partial charge in [0, 0.05) is 10.4 Å². The van der Waals surface area contributed by atoms with Crippen LogP contribution in [-0.2, 0) is 0 Å². The molecule has 18 heavy (non-hydrogen) atoms. The fourth-order valence-corrected chi connectivity index (χ4v) is 2.67. The van der Waals surface area contributed by atoms with Gasteiger partial charge in [-0.15, -0.1) is 21.5 Å². The molecule has 4 nitrogen and oxygen atoms in total. The zero-order chi connectivity index (χ0) is 12.5. The molecule has 0 saturated heterocycles. The van der Waals surface area contributed by atoms with E-state index in [0.29, 0.717) is 5.89 Å². The average molecular weight is 257 g/mol. The van der Waals surface area contributed by atoms with Crippen molar-refractivity contribution in [3.63, 3.8) is 0 Å². The summed E-state index contributed by atoms with van der Waals surface area (Å²) in [4.78, 5) is 1.14. The Balaban J connectivity index is 2.12.